The van der Waals surface area contributed by atoms with E-state index in [4.69, 9.17) is 4.42 Å². The second kappa shape index (κ2) is 8.39. The third-order valence-corrected chi connectivity index (χ3v) is 5.33. The topological polar surface area (TPSA) is 60.9 Å². The zero-order valence-corrected chi connectivity index (χ0v) is 16.6. The Labute approximate surface area is 163 Å². The quantitative estimate of drug-likeness (QED) is 0.307. The van der Waals surface area contributed by atoms with E-state index in [9.17, 15) is 4.79 Å². The molecule has 6 heteroatoms. The minimum Gasteiger partial charge on any atom is -0.469 e. The molecule has 5 nitrogen and oxygen atoms in total. The molecule has 0 fully saturated rings. The number of hydrogen-bond donors (Lipinski definition) is 0. The average molecular weight is 382 g/mol. The number of nitrogens with zero attached hydrogens (tertiary/aromatic N) is 3. The van der Waals surface area contributed by atoms with Crippen molar-refractivity contribution in [3.63, 3.8) is 0 Å². The molecule has 1 aromatic carbocycles. The summed E-state index contributed by atoms with van der Waals surface area (Å²) in [6, 6.07) is 9.69. The third kappa shape index (κ3) is 4.22. The number of hydrogen-bond acceptors (Lipinski definition) is 5. The van der Waals surface area contributed by atoms with Crippen LogP contribution in [0.15, 0.2) is 58.8 Å². The molecule has 0 saturated heterocycles. The lowest BCUT2D eigenvalue weighted by atomic mass is 10.0. The molecular formula is C21H23N3O2S. The summed E-state index contributed by atoms with van der Waals surface area (Å²) in [4.78, 5) is 12.5. The molecule has 2 heterocycles. The molecule has 0 radical (unpaired) electrons. The highest BCUT2D eigenvalue weighted by atomic mass is 32.2. The van der Waals surface area contributed by atoms with Gasteiger partial charge in [0.2, 0.25) is 0 Å². The van der Waals surface area contributed by atoms with Crippen molar-refractivity contribution < 1.29 is 9.21 Å². The number of carbonyl (C=O) groups excluding carboxylic acids is 1. The Morgan fingerprint density at radius 2 is 2.00 bits per heavy atom. The molecule has 140 valence electrons. The third-order valence-electron chi connectivity index (χ3n) is 4.36. The van der Waals surface area contributed by atoms with Gasteiger partial charge in [-0.05, 0) is 24.5 Å². The van der Waals surface area contributed by atoms with E-state index in [1.165, 1.54) is 17.3 Å². The van der Waals surface area contributed by atoms with E-state index < -0.39 is 0 Å². The standard InChI is InChI=1S/C21H23N3O2S/c1-5-11-24-20(18-10-12-26-15(18)4)22-23-21(24)27-13-19(25)17-8-6-16(7-9-17)14(2)3/h5-10,12,14H,1,11,13H2,2-4H3. The highest BCUT2D eigenvalue weighted by Crippen LogP contribution is 2.27. The summed E-state index contributed by atoms with van der Waals surface area (Å²) < 4.78 is 7.32. The number of aromatic nitrogens is 3. The Morgan fingerprint density at radius 1 is 1.26 bits per heavy atom. The Balaban J connectivity index is 1.75. The molecule has 3 aromatic rings. The molecule has 0 spiro atoms. The lowest BCUT2D eigenvalue weighted by Crippen LogP contribution is -2.06. The van der Waals surface area contributed by atoms with Gasteiger partial charge in [0, 0.05) is 12.1 Å². The predicted molar refractivity (Wildman–Crippen MR) is 108 cm³/mol. The molecule has 0 aliphatic rings. The fourth-order valence-electron chi connectivity index (χ4n) is 2.77. The van der Waals surface area contributed by atoms with Gasteiger partial charge in [0.25, 0.3) is 0 Å². The van der Waals surface area contributed by atoms with Crippen molar-refractivity contribution in [3.8, 4) is 11.4 Å². The second-order valence-electron chi connectivity index (χ2n) is 6.58. The fraction of sp³-hybridized carbons (Fsp3) is 0.286. The van der Waals surface area contributed by atoms with Crippen LogP contribution in [-0.2, 0) is 6.54 Å². The SMILES string of the molecule is C=CCn1c(SCC(=O)c2ccc(C(C)C)cc2)nnc1-c1ccoc1C. The van der Waals surface area contributed by atoms with Crippen molar-refractivity contribution in [3.05, 3.63) is 66.1 Å². The van der Waals surface area contributed by atoms with Crippen molar-refractivity contribution in [2.24, 2.45) is 0 Å². The lowest BCUT2D eigenvalue weighted by molar-refractivity contribution is 0.102. The molecule has 0 N–H and O–H groups in total. The molecule has 0 saturated carbocycles. The molecule has 0 aliphatic heterocycles. The normalized spacial score (nSPS) is 11.1. The van der Waals surface area contributed by atoms with E-state index >= 15 is 0 Å². The van der Waals surface area contributed by atoms with Gasteiger partial charge in [-0.2, -0.15) is 0 Å². The summed E-state index contributed by atoms with van der Waals surface area (Å²) in [7, 11) is 0. The minimum absolute atomic E-state index is 0.0736. The van der Waals surface area contributed by atoms with Gasteiger partial charge in [-0.25, -0.2) is 0 Å². The number of thioether (sulfide) groups is 1. The number of rotatable bonds is 8. The van der Waals surface area contributed by atoms with Crippen molar-refractivity contribution in [1.29, 1.82) is 0 Å². The number of furan rings is 1. The molecule has 3 rings (SSSR count). The number of allylic oxidation sites excluding steroid dienone is 1. The van der Waals surface area contributed by atoms with Crippen LogP contribution in [0.5, 0.6) is 0 Å². The van der Waals surface area contributed by atoms with Crippen LogP contribution in [0.2, 0.25) is 0 Å². The van der Waals surface area contributed by atoms with Crippen LogP contribution in [0.3, 0.4) is 0 Å². The molecule has 0 unspecified atom stereocenters. The number of Topliss-reactive ketones (excluding diaryl/α,β-unsaturated/α-hetero) is 1. The monoisotopic (exact) mass is 381 g/mol. The van der Waals surface area contributed by atoms with Crippen LogP contribution in [0, 0.1) is 6.92 Å². The first-order chi connectivity index (χ1) is 13.0. The highest BCUT2D eigenvalue weighted by molar-refractivity contribution is 7.99. The van der Waals surface area contributed by atoms with Crippen LogP contribution in [0.1, 0.15) is 41.4 Å². The smallest absolute Gasteiger partial charge is 0.192 e. The number of ketones is 1. The van der Waals surface area contributed by atoms with E-state index in [1.54, 1.807) is 12.3 Å². The summed E-state index contributed by atoms with van der Waals surface area (Å²) in [5, 5.41) is 9.25. The van der Waals surface area contributed by atoms with Crippen LogP contribution in [0.4, 0.5) is 0 Å². The maximum absolute atomic E-state index is 12.5. The molecule has 0 atom stereocenters. The highest BCUT2D eigenvalue weighted by Gasteiger charge is 2.18. The Hall–Kier alpha value is -2.60. The van der Waals surface area contributed by atoms with E-state index in [1.807, 2.05) is 41.8 Å². The number of carbonyl (C=O) groups is 1. The Morgan fingerprint density at radius 3 is 2.59 bits per heavy atom. The van der Waals surface area contributed by atoms with E-state index in [-0.39, 0.29) is 5.78 Å². The first-order valence-corrected chi connectivity index (χ1v) is 9.84. The van der Waals surface area contributed by atoms with Crippen molar-refractivity contribution in [1.82, 2.24) is 14.8 Å². The summed E-state index contributed by atoms with van der Waals surface area (Å²) in [6.45, 7) is 10.5. The Bertz CT molecular complexity index is 939. The summed E-state index contributed by atoms with van der Waals surface area (Å²) in [5.74, 6) is 2.33. The van der Waals surface area contributed by atoms with Gasteiger partial charge in [0.1, 0.15) is 5.76 Å². The van der Waals surface area contributed by atoms with Crippen LogP contribution >= 0.6 is 11.8 Å². The van der Waals surface area contributed by atoms with E-state index in [0.29, 0.717) is 28.9 Å². The van der Waals surface area contributed by atoms with Gasteiger partial charge in [0.15, 0.2) is 16.8 Å². The maximum atomic E-state index is 12.5. The molecule has 0 bridgehead atoms. The molecule has 0 amide bonds. The Kier molecular flexibility index (Phi) is 5.96. The molecule has 27 heavy (non-hydrogen) atoms. The van der Waals surface area contributed by atoms with E-state index in [2.05, 4.69) is 30.6 Å². The first kappa shape index (κ1) is 19.2. The lowest BCUT2D eigenvalue weighted by Gasteiger charge is -2.08. The van der Waals surface area contributed by atoms with Gasteiger partial charge < -0.3 is 4.42 Å². The van der Waals surface area contributed by atoms with Gasteiger partial charge in [-0.3, -0.25) is 9.36 Å². The molecular weight excluding hydrogens is 358 g/mol. The van der Waals surface area contributed by atoms with E-state index in [0.717, 1.165) is 17.1 Å². The van der Waals surface area contributed by atoms with Gasteiger partial charge in [0.05, 0.1) is 17.6 Å². The summed E-state index contributed by atoms with van der Waals surface area (Å²) in [6.07, 6.45) is 3.42. The van der Waals surface area contributed by atoms with Crippen LogP contribution in [-0.4, -0.2) is 26.3 Å². The zero-order chi connectivity index (χ0) is 19.4. The van der Waals surface area contributed by atoms with Gasteiger partial charge in [-0.15, -0.1) is 16.8 Å². The zero-order valence-electron chi connectivity index (χ0n) is 15.8. The largest absolute Gasteiger partial charge is 0.469 e. The predicted octanol–water partition coefficient (Wildman–Crippen LogP) is 5.13. The molecule has 2 aromatic heterocycles. The van der Waals surface area contributed by atoms with Gasteiger partial charge >= 0.3 is 0 Å². The van der Waals surface area contributed by atoms with Crippen molar-refractivity contribution >= 4 is 17.5 Å². The number of benzene rings is 1. The first-order valence-electron chi connectivity index (χ1n) is 8.85. The minimum atomic E-state index is 0.0736. The van der Waals surface area contributed by atoms with Crippen LogP contribution < -0.4 is 0 Å². The number of aryl methyl sites for hydroxylation is 1. The van der Waals surface area contributed by atoms with Crippen molar-refractivity contribution in [2.45, 2.75) is 38.4 Å². The van der Waals surface area contributed by atoms with Gasteiger partial charge in [-0.1, -0.05) is 56.0 Å². The maximum Gasteiger partial charge on any atom is 0.192 e. The summed E-state index contributed by atoms with van der Waals surface area (Å²) in [5.41, 5.74) is 2.84. The molecule has 0 aliphatic carbocycles. The second-order valence-corrected chi connectivity index (χ2v) is 7.53. The average Bonchev–Trinajstić information content (AvgIpc) is 3.26. The van der Waals surface area contributed by atoms with Crippen molar-refractivity contribution in [2.75, 3.05) is 5.75 Å². The van der Waals surface area contributed by atoms with Crippen LogP contribution in [0.25, 0.3) is 11.4 Å². The summed E-state index contributed by atoms with van der Waals surface area (Å²) >= 11 is 1.39. The fourth-order valence-corrected chi connectivity index (χ4v) is 3.61.